The number of aromatic hydroxyl groups is 1. The lowest BCUT2D eigenvalue weighted by Gasteiger charge is -2.06. The molecule has 0 radical (unpaired) electrons. The van der Waals surface area contributed by atoms with E-state index in [1.807, 2.05) is 18.2 Å². The zero-order chi connectivity index (χ0) is 10.8. The predicted molar refractivity (Wildman–Crippen MR) is 61.4 cm³/mol. The standard InChI is InChI=1S/C11H7Cl2NO/c12-8-5-4-7(10(13)11(8)15)9-3-1-2-6-14-9/h1-6,15H. The Bertz CT molecular complexity index is 485. The fraction of sp³-hybridized carbons (Fsp3) is 0. The summed E-state index contributed by atoms with van der Waals surface area (Å²) in [7, 11) is 0. The summed E-state index contributed by atoms with van der Waals surface area (Å²) in [5.74, 6) is -0.110. The maximum absolute atomic E-state index is 9.56. The third kappa shape index (κ3) is 1.91. The molecule has 0 fully saturated rings. The molecule has 1 aromatic heterocycles. The second-order valence-corrected chi connectivity index (χ2v) is 3.76. The number of pyridine rings is 1. The summed E-state index contributed by atoms with van der Waals surface area (Å²) in [5.41, 5.74) is 1.37. The van der Waals surface area contributed by atoms with Crippen molar-refractivity contribution in [1.82, 2.24) is 4.98 Å². The molecule has 0 aliphatic heterocycles. The van der Waals surface area contributed by atoms with Crippen molar-refractivity contribution in [3.63, 3.8) is 0 Å². The minimum Gasteiger partial charge on any atom is -0.505 e. The molecule has 2 nitrogen and oxygen atoms in total. The molecule has 2 rings (SSSR count). The molecule has 76 valence electrons. The van der Waals surface area contributed by atoms with Gasteiger partial charge in [-0.2, -0.15) is 0 Å². The molecular formula is C11H7Cl2NO. The highest BCUT2D eigenvalue weighted by Gasteiger charge is 2.11. The minimum absolute atomic E-state index is 0.110. The van der Waals surface area contributed by atoms with Gasteiger partial charge >= 0.3 is 0 Å². The number of nitrogens with zero attached hydrogens (tertiary/aromatic N) is 1. The van der Waals surface area contributed by atoms with Crippen molar-refractivity contribution in [2.45, 2.75) is 0 Å². The molecule has 2 aromatic rings. The molecule has 0 aliphatic carbocycles. The Morgan fingerprint density at radius 3 is 2.53 bits per heavy atom. The Morgan fingerprint density at radius 1 is 1.07 bits per heavy atom. The molecule has 0 saturated carbocycles. The van der Waals surface area contributed by atoms with E-state index in [0.29, 0.717) is 11.3 Å². The number of halogens is 2. The molecule has 15 heavy (non-hydrogen) atoms. The van der Waals surface area contributed by atoms with Gasteiger partial charge in [0.15, 0.2) is 5.75 Å². The summed E-state index contributed by atoms with van der Waals surface area (Å²) in [6.45, 7) is 0. The van der Waals surface area contributed by atoms with Crippen LogP contribution in [0.3, 0.4) is 0 Å². The first-order valence-electron chi connectivity index (χ1n) is 4.28. The van der Waals surface area contributed by atoms with Crippen molar-refractivity contribution in [2.75, 3.05) is 0 Å². The number of phenols is 1. The van der Waals surface area contributed by atoms with Crippen LogP contribution in [0.5, 0.6) is 5.75 Å². The zero-order valence-electron chi connectivity index (χ0n) is 7.61. The lowest BCUT2D eigenvalue weighted by atomic mass is 10.1. The summed E-state index contributed by atoms with van der Waals surface area (Å²) in [5, 5.41) is 10.0. The van der Waals surface area contributed by atoms with Crippen LogP contribution in [0.4, 0.5) is 0 Å². The van der Waals surface area contributed by atoms with Gasteiger partial charge in [0.1, 0.15) is 0 Å². The Hall–Kier alpha value is -1.25. The average molecular weight is 240 g/mol. The number of rotatable bonds is 1. The average Bonchev–Trinajstić information content (AvgIpc) is 2.27. The third-order valence-corrected chi connectivity index (χ3v) is 2.70. The van der Waals surface area contributed by atoms with Crippen molar-refractivity contribution in [3.8, 4) is 17.0 Å². The van der Waals surface area contributed by atoms with E-state index in [0.717, 1.165) is 0 Å². The predicted octanol–water partition coefficient (Wildman–Crippen LogP) is 3.76. The summed E-state index contributed by atoms with van der Waals surface area (Å²) in [4.78, 5) is 4.14. The highest BCUT2D eigenvalue weighted by molar-refractivity contribution is 6.38. The topological polar surface area (TPSA) is 33.1 Å². The van der Waals surface area contributed by atoms with Gasteiger partial charge < -0.3 is 5.11 Å². The number of phenolic OH excluding ortho intramolecular Hbond substituents is 1. The van der Waals surface area contributed by atoms with E-state index in [4.69, 9.17) is 23.2 Å². The van der Waals surface area contributed by atoms with Crippen LogP contribution < -0.4 is 0 Å². The Balaban J connectivity index is 2.60. The van der Waals surface area contributed by atoms with Crippen LogP contribution in [0.2, 0.25) is 10.0 Å². The first-order chi connectivity index (χ1) is 7.20. The quantitative estimate of drug-likeness (QED) is 0.823. The van der Waals surface area contributed by atoms with Crippen molar-refractivity contribution >= 4 is 23.2 Å². The molecule has 1 N–H and O–H groups in total. The fourth-order valence-corrected chi connectivity index (χ4v) is 1.73. The fourth-order valence-electron chi connectivity index (χ4n) is 1.26. The summed E-state index contributed by atoms with van der Waals surface area (Å²) in [6, 6.07) is 8.80. The number of aromatic nitrogens is 1. The lowest BCUT2D eigenvalue weighted by Crippen LogP contribution is -1.84. The van der Waals surface area contributed by atoms with Gasteiger partial charge in [0, 0.05) is 11.8 Å². The molecule has 1 aromatic carbocycles. The van der Waals surface area contributed by atoms with Crippen molar-refractivity contribution in [3.05, 3.63) is 46.6 Å². The SMILES string of the molecule is Oc1c(Cl)ccc(-c2ccccn2)c1Cl. The summed E-state index contributed by atoms with van der Waals surface area (Å²) < 4.78 is 0. The molecule has 0 atom stereocenters. The summed E-state index contributed by atoms with van der Waals surface area (Å²) in [6.07, 6.45) is 1.66. The summed E-state index contributed by atoms with van der Waals surface area (Å²) >= 11 is 11.7. The van der Waals surface area contributed by atoms with Crippen molar-refractivity contribution < 1.29 is 5.11 Å². The molecule has 0 aliphatic rings. The largest absolute Gasteiger partial charge is 0.505 e. The van der Waals surface area contributed by atoms with Gasteiger partial charge in [0.05, 0.1) is 15.7 Å². The molecule has 0 amide bonds. The Labute approximate surface area is 97.1 Å². The van der Waals surface area contributed by atoms with Crippen LogP contribution in [-0.4, -0.2) is 10.1 Å². The van der Waals surface area contributed by atoms with Gasteiger partial charge in [-0.25, -0.2) is 0 Å². The monoisotopic (exact) mass is 239 g/mol. The molecule has 4 heteroatoms. The number of hydrogen-bond donors (Lipinski definition) is 1. The number of benzene rings is 1. The second-order valence-electron chi connectivity index (χ2n) is 2.97. The molecule has 0 spiro atoms. The molecule has 0 bridgehead atoms. The number of hydrogen-bond acceptors (Lipinski definition) is 2. The Kier molecular flexibility index (Phi) is 2.80. The van der Waals surface area contributed by atoms with Gasteiger partial charge in [0.25, 0.3) is 0 Å². The highest BCUT2D eigenvalue weighted by atomic mass is 35.5. The van der Waals surface area contributed by atoms with E-state index < -0.39 is 0 Å². The highest BCUT2D eigenvalue weighted by Crippen LogP contribution is 2.38. The van der Waals surface area contributed by atoms with Crippen molar-refractivity contribution in [2.24, 2.45) is 0 Å². The van der Waals surface area contributed by atoms with E-state index in [1.165, 1.54) is 0 Å². The van der Waals surface area contributed by atoms with Crippen LogP contribution in [0.25, 0.3) is 11.3 Å². The maximum Gasteiger partial charge on any atom is 0.153 e. The third-order valence-electron chi connectivity index (χ3n) is 2.01. The van der Waals surface area contributed by atoms with Crippen LogP contribution in [0.1, 0.15) is 0 Å². The van der Waals surface area contributed by atoms with E-state index in [-0.39, 0.29) is 15.8 Å². The van der Waals surface area contributed by atoms with Gasteiger partial charge in [0.2, 0.25) is 0 Å². The van der Waals surface area contributed by atoms with Crippen LogP contribution >= 0.6 is 23.2 Å². The molecular weight excluding hydrogens is 233 g/mol. The van der Waals surface area contributed by atoms with E-state index >= 15 is 0 Å². The first kappa shape index (κ1) is 10.3. The van der Waals surface area contributed by atoms with Gasteiger partial charge in [-0.05, 0) is 24.3 Å². The smallest absolute Gasteiger partial charge is 0.153 e. The van der Waals surface area contributed by atoms with E-state index in [1.54, 1.807) is 18.3 Å². The van der Waals surface area contributed by atoms with Crippen LogP contribution in [-0.2, 0) is 0 Å². The lowest BCUT2D eigenvalue weighted by molar-refractivity contribution is 0.476. The first-order valence-corrected chi connectivity index (χ1v) is 5.04. The normalized spacial score (nSPS) is 10.3. The second kappa shape index (κ2) is 4.09. The van der Waals surface area contributed by atoms with Crippen molar-refractivity contribution in [1.29, 1.82) is 0 Å². The van der Waals surface area contributed by atoms with Gasteiger partial charge in [-0.3, -0.25) is 4.98 Å². The minimum atomic E-state index is -0.110. The molecule has 1 heterocycles. The van der Waals surface area contributed by atoms with E-state index in [2.05, 4.69) is 4.98 Å². The Morgan fingerprint density at radius 2 is 1.87 bits per heavy atom. The maximum atomic E-state index is 9.56. The van der Waals surface area contributed by atoms with Crippen LogP contribution in [0, 0.1) is 0 Å². The van der Waals surface area contributed by atoms with Gasteiger partial charge in [-0.1, -0.05) is 29.3 Å². The zero-order valence-corrected chi connectivity index (χ0v) is 9.13. The molecule has 0 saturated heterocycles. The van der Waals surface area contributed by atoms with Gasteiger partial charge in [-0.15, -0.1) is 0 Å². The van der Waals surface area contributed by atoms with E-state index in [9.17, 15) is 5.11 Å². The molecule has 0 unspecified atom stereocenters. The van der Waals surface area contributed by atoms with Crippen LogP contribution in [0.15, 0.2) is 36.5 Å².